The number of aliphatic carboxylic acids is 1. The lowest BCUT2D eigenvalue weighted by molar-refractivity contribution is -0.140. The molecule has 5 heteroatoms. The van der Waals surface area contributed by atoms with E-state index in [1.165, 1.54) is 4.90 Å². The molecular weight excluding hydrogens is 222 g/mol. The number of carbonyl (C=O) groups is 2. The molecule has 17 heavy (non-hydrogen) atoms. The van der Waals surface area contributed by atoms with Crippen molar-refractivity contribution in [3.8, 4) is 5.75 Å². The number of phenolic OH excluding ortho intramolecular Hbond substituents is 1. The molecule has 0 aliphatic carbocycles. The SMILES string of the molecule is CN(Cc1cccc(O)c1)C(=O)CCC(=O)O. The van der Waals surface area contributed by atoms with Gasteiger partial charge in [-0.3, -0.25) is 9.59 Å². The molecule has 5 nitrogen and oxygen atoms in total. The molecule has 92 valence electrons. The van der Waals surface area contributed by atoms with Crippen LogP contribution in [0.3, 0.4) is 0 Å². The van der Waals surface area contributed by atoms with Crippen molar-refractivity contribution in [2.24, 2.45) is 0 Å². The lowest BCUT2D eigenvalue weighted by Gasteiger charge is -2.16. The summed E-state index contributed by atoms with van der Waals surface area (Å²) in [5.41, 5.74) is 0.802. The number of nitrogens with zero attached hydrogens (tertiary/aromatic N) is 1. The second-order valence-electron chi connectivity index (χ2n) is 3.81. The van der Waals surface area contributed by atoms with Crippen LogP contribution in [0.25, 0.3) is 0 Å². The molecule has 0 saturated carbocycles. The summed E-state index contributed by atoms with van der Waals surface area (Å²) < 4.78 is 0. The van der Waals surface area contributed by atoms with E-state index in [0.717, 1.165) is 5.56 Å². The molecule has 1 aromatic carbocycles. The summed E-state index contributed by atoms with van der Waals surface area (Å²) >= 11 is 0. The van der Waals surface area contributed by atoms with Crippen molar-refractivity contribution in [2.75, 3.05) is 7.05 Å². The van der Waals surface area contributed by atoms with Gasteiger partial charge in [-0.1, -0.05) is 12.1 Å². The molecule has 0 atom stereocenters. The standard InChI is InChI=1S/C12H15NO4/c1-13(11(15)5-6-12(16)17)8-9-3-2-4-10(14)7-9/h2-4,7,14H,5-6,8H2,1H3,(H,16,17). The Kier molecular flexibility index (Phi) is 4.51. The van der Waals surface area contributed by atoms with E-state index in [0.29, 0.717) is 6.54 Å². The van der Waals surface area contributed by atoms with Gasteiger partial charge in [-0.25, -0.2) is 0 Å². The zero-order valence-electron chi connectivity index (χ0n) is 9.59. The summed E-state index contributed by atoms with van der Waals surface area (Å²) in [6.45, 7) is 0.354. The molecule has 0 aliphatic heterocycles. The Morgan fingerprint density at radius 3 is 2.59 bits per heavy atom. The van der Waals surface area contributed by atoms with Crippen molar-refractivity contribution < 1.29 is 19.8 Å². The van der Waals surface area contributed by atoms with Crippen molar-refractivity contribution in [1.82, 2.24) is 4.90 Å². The highest BCUT2D eigenvalue weighted by atomic mass is 16.4. The molecule has 2 N–H and O–H groups in total. The fourth-order valence-electron chi connectivity index (χ4n) is 1.42. The van der Waals surface area contributed by atoms with E-state index >= 15 is 0 Å². The highest BCUT2D eigenvalue weighted by molar-refractivity contribution is 5.80. The molecule has 1 aromatic rings. The monoisotopic (exact) mass is 237 g/mol. The van der Waals surface area contributed by atoms with Gasteiger partial charge in [0.2, 0.25) is 5.91 Å². The highest BCUT2D eigenvalue weighted by Crippen LogP contribution is 2.12. The lowest BCUT2D eigenvalue weighted by Crippen LogP contribution is -2.26. The third kappa shape index (κ3) is 4.55. The molecule has 0 bridgehead atoms. The van der Waals surface area contributed by atoms with Gasteiger partial charge >= 0.3 is 5.97 Å². The average Bonchev–Trinajstić information content (AvgIpc) is 2.25. The number of carbonyl (C=O) groups excluding carboxylic acids is 1. The van der Waals surface area contributed by atoms with E-state index < -0.39 is 5.97 Å². The molecule has 1 rings (SSSR count). The van der Waals surface area contributed by atoms with Gasteiger partial charge in [0.25, 0.3) is 0 Å². The van der Waals surface area contributed by atoms with Crippen LogP contribution in [0, 0.1) is 0 Å². The first-order chi connectivity index (χ1) is 7.99. The number of rotatable bonds is 5. The molecule has 0 radical (unpaired) electrons. The maximum Gasteiger partial charge on any atom is 0.303 e. The Morgan fingerprint density at radius 2 is 2.00 bits per heavy atom. The van der Waals surface area contributed by atoms with Crippen molar-refractivity contribution in [2.45, 2.75) is 19.4 Å². The van der Waals surface area contributed by atoms with E-state index in [9.17, 15) is 14.7 Å². The summed E-state index contributed by atoms with van der Waals surface area (Å²) in [5.74, 6) is -1.06. The number of hydrogen-bond acceptors (Lipinski definition) is 3. The fraction of sp³-hybridized carbons (Fsp3) is 0.333. The minimum atomic E-state index is -0.982. The van der Waals surface area contributed by atoms with Crippen LogP contribution in [-0.4, -0.2) is 34.0 Å². The number of carboxylic acid groups (broad SMARTS) is 1. The van der Waals surface area contributed by atoms with Crippen molar-refractivity contribution >= 4 is 11.9 Å². The van der Waals surface area contributed by atoms with Crippen LogP contribution in [0.4, 0.5) is 0 Å². The lowest BCUT2D eigenvalue weighted by atomic mass is 10.2. The average molecular weight is 237 g/mol. The molecule has 0 saturated heterocycles. The highest BCUT2D eigenvalue weighted by Gasteiger charge is 2.11. The van der Waals surface area contributed by atoms with Crippen LogP contribution in [0.2, 0.25) is 0 Å². The summed E-state index contributed by atoms with van der Waals surface area (Å²) in [6.07, 6.45) is -0.173. The largest absolute Gasteiger partial charge is 0.508 e. The van der Waals surface area contributed by atoms with Crippen LogP contribution in [0.15, 0.2) is 24.3 Å². The topological polar surface area (TPSA) is 77.8 Å². The minimum Gasteiger partial charge on any atom is -0.508 e. The van der Waals surface area contributed by atoms with Gasteiger partial charge in [0.05, 0.1) is 6.42 Å². The maximum atomic E-state index is 11.5. The number of amides is 1. The predicted octanol–water partition coefficient (Wildman–Crippen LogP) is 1.22. The predicted molar refractivity (Wildman–Crippen MR) is 61.5 cm³/mol. The molecule has 0 heterocycles. The number of phenols is 1. The number of aromatic hydroxyl groups is 1. The van der Waals surface area contributed by atoms with Gasteiger partial charge in [0, 0.05) is 20.0 Å². The van der Waals surface area contributed by atoms with E-state index in [2.05, 4.69) is 0 Å². The van der Waals surface area contributed by atoms with Gasteiger partial charge in [-0.15, -0.1) is 0 Å². The van der Waals surface area contributed by atoms with Crippen LogP contribution >= 0.6 is 0 Å². The molecule has 0 fully saturated rings. The quantitative estimate of drug-likeness (QED) is 0.807. The van der Waals surface area contributed by atoms with E-state index in [1.807, 2.05) is 0 Å². The number of benzene rings is 1. The van der Waals surface area contributed by atoms with Gasteiger partial charge in [-0.05, 0) is 17.7 Å². The Balaban J connectivity index is 2.51. The third-order valence-electron chi connectivity index (χ3n) is 2.31. The fourth-order valence-corrected chi connectivity index (χ4v) is 1.42. The summed E-state index contributed by atoms with van der Waals surface area (Å²) in [5, 5.41) is 17.7. The van der Waals surface area contributed by atoms with E-state index in [-0.39, 0.29) is 24.5 Å². The first-order valence-electron chi connectivity index (χ1n) is 5.22. The van der Waals surface area contributed by atoms with Crippen LogP contribution in [0.1, 0.15) is 18.4 Å². The Morgan fingerprint density at radius 1 is 1.29 bits per heavy atom. The summed E-state index contributed by atoms with van der Waals surface area (Å²) in [7, 11) is 1.61. The normalized spacial score (nSPS) is 9.94. The van der Waals surface area contributed by atoms with Gasteiger partial charge in [-0.2, -0.15) is 0 Å². The van der Waals surface area contributed by atoms with Gasteiger partial charge in [0.15, 0.2) is 0 Å². The van der Waals surface area contributed by atoms with Gasteiger partial charge in [0.1, 0.15) is 5.75 Å². The molecule has 0 aliphatic rings. The number of carboxylic acids is 1. The van der Waals surface area contributed by atoms with Crippen molar-refractivity contribution in [3.05, 3.63) is 29.8 Å². The second kappa shape index (κ2) is 5.89. The molecule has 1 amide bonds. The Hall–Kier alpha value is -2.04. The first kappa shape index (κ1) is 13.0. The third-order valence-corrected chi connectivity index (χ3v) is 2.31. The zero-order valence-corrected chi connectivity index (χ0v) is 9.59. The van der Waals surface area contributed by atoms with Crippen molar-refractivity contribution in [3.63, 3.8) is 0 Å². The van der Waals surface area contributed by atoms with Crippen LogP contribution in [-0.2, 0) is 16.1 Å². The van der Waals surface area contributed by atoms with E-state index in [1.54, 1.807) is 31.3 Å². The zero-order chi connectivity index (χ0) is 12.8. The summed E-state index contributed by atoms with van der Waals surface area (Å²) in [4.78, 5) is 23.3. The molecular formula is C12H15NO4. The Labute approximate surface area is 99.3 Å². The molecule has 0 unspecified atom stereocenters. The maximum absolute atomic E-state index is 11.5. The minimum absolute atomic E-state index is 0.00928. The van der Waals surface area contributed by atoms with Crippen molar-refractivity contribution in [1.29, 1.82) is 0 Å². The number of hydrogen-bond donors (Lipinski definition) is 2. The van der Waals surface area contributed by atoms with Crippen LogP contribution < -0.4 is 0 Å². The first-order valence-corrected chi connectivity index (χ1v) is 5.22. The second-order valence-corrected chi connectivity index (χ2v) is 3.81. The van der Waals surface area contributed by atoms with E-state index in [4.69, 9.17) is 5.11 Å². The van der Waals surface area contributed by atoms with Crippen LogP contribution in [0.5, 0.6) is 5.75 Å². The summed E-state index contributed by atoms with van der Waals surface area (Å²) in [6, 6.07) is 6.61. The molecule has 0 spiro atoms. The molecule has 0 aromatic heterocycles. The Bertz CT molecular complexity index is 417. The smallest absolute Gasteiger partial charge is 0.303 e. The van der Waals surface area contributed by atoms with Gasteiger partial charge < -0.3 is 15.1 Å².